The first-order chi connectivity index (χ1) is 12.3. The van der Waals surface area contributed by atoms with Gasteiger partial charge in [-0.05, 0) is 91.8 Å². The second-order valence-corrected chi connectivity index (χ2v) is 9.02. The second-order valence-electron chi connectivity index (χ2n) is 8.11. The molecule has 2 aromatic rings. The van der Waals surface area contributed by atoms with Crippen LogP contribution in [-0.4, -0.2) is 17.5 Å². The standard InChI is InChI=1S/C23H26BrN/c24-19-11-9-18-15-20(12-10-17(18)14-19)25-13-3-6-23(25)22-5-2-1-4-21(22)16-7-8-16/h1-2,4-5,9,11,14,16,20,23H,3,6-8,10,12-13,15H2/t20?,23-/m0/s1. The van der Waals surface area contributed by atoms with E-state index < -0.39 is 0 Å². The van der Waals surface area contributed by atoms with E-state index in [0.29, 0.717) is 12.1 Å². The summed E-state index contributed by atoms with van der Waals surface area (Å²) in [6.45, 7) is 1.28. The van der Waals surface area contributed by atoms with Gasteiger partial charge in [0.05, 0.1) is 0 Å². The Hall–Kier alpha value is -1.12. The zero-order valence-electron chi connectivity index (χ0n) is 14.8. The Labute approximate surface area is 159 Å². The summed E-state index contributed by atoms with van der Waals surface area (Å²) in [6.07, 6.45) is 9.26. The lowest BCUT2D eigenvalue weighted by atomic mass is 9.86. The summed E-state index contributed by atoms with van der Waals surface area (Å²) >= 11 is 3.63. The van der Waals surface area contributed by atoms with E-state index in [0.717, 1.165) is 5.92 Å². The molecule has 0 spiro atoms. The number of aryl methyl sites for hydroxylation is 1. The SMILES string of the molecule is Brc1ccc2c(c1)CCC(N1CCC[C@H]1c1ccccc1C1CC1)C2. The van der Waals surface area contributed by atoms with Crippen molar-refractivity contribution in [1.29, 1.82) is 0 Å². The number of benzene rings is 2. The highest BCUT2D eigenvalue weighted by atomic mass is 79.9. The minimum Gasteiger partial charge on any atom is -0.293 e. The highest BCUT2D eigenvalue weighted by molar-refractivity contribution is 9.10. The van der Waals surface area contributed by atoms with E-state index in [9.17, 15) is 0 Å². The minimum atomic E-state index is 0.652. The highest BCUT2D eigenvalue weighted by Gasteiger charge is 2.36. The molecule has 0 amide bonds. The maximum atomic E-state index is 3.63. The van der Waals surface area contributed by atoms with E-state index in [1.54, 1.807) is 22.3 Å². The first kappa shape index (κ1) is 16.1. The molecule has 1 nitrogen and oxygen atoms in total. The van der Waals surface area contributed by atoms with Crippen LogP contribution >= 0.6 is 15.9 Å². The fraction of sp³-hybridized carbons (Fsp3) is 0.478. The number of hydrogen-bond acceptors (Lipinski definition) is 1. The number of halogens is 1. The molecule has 1 aliphatic heterocycles. The number of nitrogens with zero attached hydrogens (tertiary/aromatic N) is 1. The zero-order valence-corrected chi connectivity index (χ0v) is 16.3. The van der Waals surface area contributed by atoms with E-state index >= 15 is 0 Å². The Kier molecular flexibility index (Phi) is 4.22. The summed E-state index contributed by atoms with van der Waals surface area (Å²) in [4.78, 5) is 2.85. The Bertz CT molecular complexity index is 779. The van der Waals surface area contributed by atoms with Crippen LogP contribution in [0.15, 0.2) is 46.9 Å². The second kappa shape index (κ2) is 6.55. The third-order valence-electron chi connectivity index (χ3n) is 6.51. The summed E-state index contributed by atoms with van der Waals surface area (Å²) in [7, 11) is 0. The van der Waals surface area contributed by atoms with Gasteiger partial charge in [-0.3, -0.25) is 4.90 Å². The van der Waals surface area contributed by atoms with Crippen LogP contribution in [0.25, 0.3) is 0 Å². The Balaban J connectivity index is 1.41. The Morgan fingerprint density at radius 3 is 2.56 bits per heavy atom. The Morgan fingerprint density at radius 2 is 1.72 bits per heavy atom. The number of rotatable bonds is 3. The number of likely N-dealkylation sites (tertiary alicyclic amines) is 1. The summed E-state index contributed by atoms with van der Waals surface area (Å²) in [5.41, 5.74) is 6.42. The van der Waals surface area contributed by atoms with Crippen LogP contribution in [-0.2, 0) is 12.8 Å². The number of fused-ring (bicyclic) bond motifs is 1. The van der Waals surface area contributed by atoms with Crippen molar-refractivity contribution in [3.05, 3.63) is 69.2 Å². The van der Waals surface area contributed by atoms with Crippen molar-refractivity contribution >= 4 is 15.9 Å². The van der Waals surface area contributed by atoms with Crippen molar-refractivity contribution in [2.24, 2.45) is 0 Å². The molecular weight excluding hydrogens is 370 g/mol. The molecule has 2 heteroatoms. The van der Waals surface area contributed by atoms with Gasteiger partial charge in [0.2, 0.25) is 0 Å². The van der Waals surface area contributed by atoms with Gasteiger partial charge in [-0.2, -0.15) is 0 Å². The molecule has 0 N–H and O–H groups in total. The van der Waals surface area contributed by atoms with Gasteiger partial charge in [-0.25, -0.2) is 0 Å². The molecule has 2 fully saturated rings. The fourth-order valence-corrected chi connectivity index (χ4v) is 5.54. The third kappa shape index (κ3) is 3.08. The van der Waals surface area contributed by atoms with Crippen molar-refractivity contribution in [2.45, 2.75) is 62.9 Å². The van der Waals surface area contributed by atoms with Crippen molar-refractivity contribution in [3.63, 3.8) is 0 Å². The minimum absolute atomic E-state index is 0.652. The molecule has 2 aromatic carbocycles. The lowest BCUT2D eigenvalue weighted by Gasteiger charge is -2.37. The largest absolute Gasteiger partial charge is 0.293 e. The topological polar surface area (TPSA) is 3.24 Å². The first-order valence-corrected chi connectivity index (χ1v) is 10.7. The zero-order chi connectivity index (χ0) is 16.8. The lowest BCUT2D eigenvalue weighted by Crippen LogP contribution is -2.39. The van der Waals surface area contributed by atoms with Gasteiger partial charge in [-0.1, -0.05) is 46.3 Å². The smallest absolute Gasteiger partial charge is 0.0354 e. The van der Waals surface area contributed by atoms with E-state index in [4.69, 9.17) is 0 Å². The average Bonchev–Trinajstić information content (AvgIpc) is 3.38. The molecule has 1 unspecified atom stereocenters. The predicted octanol–water partition coefficient (Wildman–Crippen LogP) is 6.02. The van der Waals surface area contributed by atoms with Gasteiger partial charge in [0.1, 0.15) is 0 Å². The molecule has 0 aromatic heterocycles. The lowest BCUT2D eigenvalue weighted by molar-refractivity contribution is 0.164. The molecule has 1 saturated carbocycles. The molecule has 25 heavy (non-hydrogen) atoms. The maximum Gasteiger partial charge on any atom is 0.0354 e. The van der Waals surface area contributed by atoms with Crippen LogP contribution < -0.4 is 0 Å². The molecule has 1 saturated heterocycles. The van der Waals surface area contributed by atoms with Crippen molar-refractivity contribution in [2.75, 3.05) is 6.54 Å². The van der Waals surface area contributed by atoms with Crippen LogP contribution in [0.1, 0.15) is 66.3 Å². The Morgan fingerprint density at radius 1 is 0.880 bits per heavy atom. The van der Waals surface area contributed by atoms with Gasteiger partial charge in [0.15, 0.2) is 0 Å². The molecule has 0 radical (unpaired) electrons. The maximum absolute atomic E-state index is 3.63. The van der Waals surface area contributed by atoms with E-state index in [-0.39, 0.29) is 0 Å². The average molecular weight is 396 g/mol. The number of hydrogen-bond donors (Lipinski definition) is 0. The summed E-state index contributed by atoms with van der Waals surface area (Å²) in [6, 6.07) is 17.6. The highest BCUT2D eigenvalue weighted by Crippen LogP contribution is 2.46. The normalized spacial score (nSPS) is 26.6. The predicted molar refractivity (Wildman–Crippen MR) is 107 cm³/mol. The van der Waals surface area contributed by atoms with Gasteiger partial charge in [-0.15, -0.1) is 0 Å². The molecule has 3 aliphatic rings. The van der Waals surface area contributed by atoms with Gasteiger partial charge < -0.3 is 0 Å². The fourth-order valence-electron chi connectivity index (χ4n) is 5.13. The molecule has 5 rings (SSSR count). The van der Waals surface area contributed by atoms with Crippen LogP contribution in [0.5, 0.6) is 0 Å². The van der Waals surface area contributed by atoms with Crippen LogP contribution in [0, 0.1) is 0 Å². The van der Waals surface area contributed by atoms with E-state index in [1.165, 1.54) is 56.0 Å². The van der Waals surface area contributed by atoms with Crippen LogP contribution in [0.4, 0.5) is 0 Å². The van der Waals surface area contributed by atoms with E-state index in [2.05, 4.69) is 63.3 Å². The first-order valence-electron chi connectivity index (χ1n) is 9.91. The van der Waals surface area contributed by atoms with Crippen molar-refractivity contribution in [1.82, 2.24) is 4.90 Å². The van der Waals surface area contributed by atoms with Gasteiger partial charge in [0, 0.05) is 16.6 Å². The molecule has 2 atom stereocenters. The van der Waals surface area contributed by atoms with Gasteiger partial charge in [0.25, 0.3) is 0 Å². The molecular formula is C23H26BrN. The van der Waals surface area contributed by atoms with Crippen molar-refractivity contribution in [3.8, 4) is 0 Å². The molecule has 1 heterocycles. The third-order valence-corrected chi connectivity index (χ3v) is 7.00. The van der Waals surface area contributed by atoms with Crippen LogP contribution in [0.2, 0.25) is 0 Å². The summed E-state index contributed by atoms with van der Waals surface area (Å²) in [5, 5.41) is 0. The summed E-state index contributed by atoms with van der Waals surface area (Å²) < 4.78 is 1.22. The summed E-state index contributed by atoms with van der Waals surface area (Å²) in [5.74, 6) is 0.850. The quantitative estimate of drug-likeness (QED) is 0.613. The monoisotopic (exact) mass is 395 g/mol. The van der Waals surface area contributed by atoms with E-state index in [1.807, 2.05) is 0 Å². The molecule has 130 valence electrons. The van der Waals surface area contributed by atoms with Crippen molar-refractivity contribution < 1.29 is 0 Å². The molecule has 0 bridgehead atoms. The van der Waals surface area contributed by atoms with Crippen LogP contribution in [0.3, 0.4) is 0 Å². The molecule has 2 aliphatic carbocycles. The van der Waals surface area contributed by atoms with Gasteiger partial charge >= 0.3 is 0 Å².